The number of hydrogen-bond donors (Lipinski definition) is 2. The van der Waals surface area contributed by atoms with Gasteiger partial charge in [-0.25, -0.2) is 0 Å². The van der Waals surface area contributed by atoms with Crippen LogP contribution in [0, 0.1) is 0 Å². The molecule has 33 heavy (non-hydrogen) atoms. The van der Waals surface area contributed by atoms with Crippen LogP contribution in [-0.2, 0) is 22.6 Å². The number of ether oxygens (including phenoxy) is 1. The third-order valence-corrected chi connectivity index (χ3v) is 6.13. The molecule has 3 aromatic rings. The molecular formula is C23H26ClN5O3S. The van der Waals surface area contributed by atoms with Gasteiger partial charge in [0.1, 0.15) is 5.75 Å². The molecule has 2 N–H and O–H groups in total. The molecular weight excluding hydrogens is 462 g/mol. The first kappa shape index (κ1) is 24.6. The van der Waals surface area contributed by atoms with Crippen LogP contribution in [0.3, 0.4) is 0 Å². The average molecular weight is 488 g/mol. The predicted molar refractivity (Wildman–Crippen MR) is 130 cm³/mol. The van der Waals surface area contributed by atoms with Gasteiger partial charge >= 0.3 is 0 Å². The van der Waals surface area contributed by atoms with E-state index in [9.17, 15) is 9.59 Å². The van der Waals surface area contributed by atoms with Gasteiger partial charge in [-0.1, -0.05) is 47.6 Å². The predicted octanol–water partition coefficient (Wildman–Crippen LogP) is 4.11. The highest BCUT2D eigenvalue weighted by molar-refractivity contribution is 7.99. The Morgan fingerprint density at radius 2 is 1.85 bits per heavy atom. The van der Waals surface area contributed by atoms with E-state index >= 15 is 0 Å². The Morgan fingerprint density at radius 3 is 2.52 bits per heavy atom. The molecule has 0 fully saturated rings. The van der Waals surface area contributed by atoms with E-state index in [-0.39, 0.29) is 30.0 Å². The second kappa shape index (κ2) is 11.7. The summed E-state index contributed by atoms with van der Waals surface area (Å²) < 4.78 is 7.04. The summed E-state index contributed by atoms with van der Waals surface area (Å²) in [6.45, 7) is 4.43. The lowest BCUT2D eigenvalue weighted by Gasteiger charge is -2.15. The molecule has 3 rings (SSSR count). The van der Waals surface area contributed by atoms with Crippen LogP contribution in [0.25, 0.3) is 0 Å². The normalized spacial score (nSPS) is 11.6. The molecule has 0 bridgehead atoms. The lowest BCUT2D eigenvalue weighted by Crippen LogP contribution is -2.30. The summed E-state index contributed by atoms with van der Waals surface area (Å²) in [4.78, 5) is 24.8. The number of thioether (sulfide) groups is 1. The van der Waals surface area contributed by atoms with Crippen LogP contribution in [0.2, 0.25) is 5.02 Å². The Balaban J connectivity index is 1.57. The Hall–Kier alpha value is -3.04. The molecule has 0 aliphatic rings. The van der Waals surface area contributed by atoms with Crippen LogP contribution < -0.4 is 15.4 Å². The summed E-state index contributed by atoms with van der Waals surface area (Å²) in [7, 11) is 1.60. The average Bonchev–Trinajstić information content (AvgIpc) is 3.23. The molecule has 0 radical (unpaired) electrons. The number of carbonyl (C=O) groups is 2. The van der Waals surface area contributed by atoms with Gasteiger partial charge in [-0.05, 0) is 43.7 Å². The summed E-state index contributed by atoms with van der Waals surface area (Å²) in [5.74, 6) is 1.22. The first-order chi connectivity index (χ1) is 15.9. The van der Waals surface area contributed by atoms with Gasteiger partial charge in [0.25, 0.3) is 0 Å². The molecule has 174 valence electrons. The highest BCUT2D eigenvalue weighted by Gasteiger charge is 2.20. The van der Waals surface area contributed by atoms with Crippen LogP contribution in [-0.4, -0.2) is 39.4 Å². The molecule has 0 aliphatic heterocycles. The van der Waals surface area contributed by atoms with Gasteiger partial charge in [0.05, 0.1) is 36.0 Å². The molecule has 1 heterocycles. The summed E-state index contributed by atoms with van der Waals surface area (Å²) >= 11 is 7.37. The number of benzene rings is 2. The van der Waals surface area contributed by atoms with Crippen LogP contribution in [0.5, 0.6) is 5.75 Å². The van der Waals surface area contributed by atoms with E-state index in [2.05, 4.69) is 20.8 Å². The number of halogens is 1. The van der Waals surface area contributed by atoms with Crippen LogP contribution >= 0.6 is 23.4 Å². The Kier molecular flexibility index (Phi) is 8.73. The monoisotopic (exact) mass is 487 g/mol. The van der Waals surface area contributed by atoms with E-state index in [4.69, 9.17) is 16.3 Å². The number of nitrogens with zero attached hydrogens (tertiary/aromatic N) is 3. The van der Waals surface area contributed by atoms with Crippen LogP contribution in [0.4, 0.5) is 5.69 Å². The molecule has 0 saturated carbocycles. The summed E-state index contributed by atoms with van der Waals surface area (Å²) in [5.41, 5.74) is 1.45. The molecule has 8 nitrogen and oxygen atoms in total. The Bertz CT molecular complexity index is 1100. The van der Waals surface area contributed by atoms with Crippen molar-refractivity contribution in [1.82, 2.24) is 20.1 Å². The number of carbonyl (C=O) groups excluding carboxylic acids is 2. The highest BCUT2D eigenvalue weighted by Crippen LogP contribution is 2.23. The van der Waals surface area contributed by atoms with Gasteiger partial charge in [-0.2, -0.15) is 0 Å². The molecule has 2 amide bonds. The lowest BCUT2D eigenvalue weighted by molar-refractivity contribution is -0.121. The number of aromatic nitrogens is 3. The molecule has 0 aliphatic carbocycles. The van der Waals surface area contributed by atoms with Gasteiger partial charge in [-0.15, -0.1) is 10.2 Å². The third kappa shape index (κ3) is 6.72. The number of para-hydroxylation sites is 1. The third-order valence-electron chi connectivity index (χ3n) is 4.83. The number of anilines is 1. The zero-order valence-electron chi connectivity index (χ0n) is 18.7. The summed E-state index contributed by atoms with van der Waals surface area (Å²) in [6.07, 6.45) is 0.248. The van der Waals surface area contributed by atoms with E-state index in [0.29, 0.717) is 28.2 Å². The van der Waals surface area contributed by atoms with Crippen molar-refractivity contribution in [1.29, 1.82) is 0 Å². The molecule has 10 heteroatoms. The number of hydrogen-bond acceptors (Lipinski definition) is 6. The maximum atomic E-state index is 12.5. The largest absolute Gasteiger partial charge is 0.497 e. The molecule has 0 saturated heterocycles. The summed E-state index contributed by atoms with van der Waals surface area (Å²) in [6, 6.07) is 14.1. The fourth-order valence-electron chi connectivity index (χ4n) is 3.19. The van der Waals surface area contributed by atoms with E-state index in [1.165, 1.54) is 11.8 Å². The van der Waals surface area contributed by atoms with Gasteiger partial charge in [0.15, 0.2) is 11.0 Å². The molecule has 1 atom stereocenters. The van der Waals surface area contributed by atoms with Crippen molar-refractivity contribution in [3.8, 4) is 5.75 Å². The van der Waals surface area contributed by atoms with E-state index in [1.54, 1.807) is 31.4 Å². The van der Waals surface area contributed by atoms with Crippen molar-refractivity contribution >= 4 is 40.9 Å². The zero-order valence-corrected chi connectivity index (χ0v) is 20.2. The van der Waals surface area contributed by atoms with E-state index in [0.717, 1.165) is 11.3 Å². The van der Waals surface area contributed by atoms with E-state index in [1.807, 2.05) is 42.7 Å². The number of nitrogens with one attached hydrogen (secondary N) is 2. The highest BCUT2D eigenvalue weighted by atomic mass is 35.5. The van der Waals surface area contributed by atoms with Gasteiger partial charge < -0.3 is 19.9 Å². The minimum Gasteiger partial charge on any atom is -0.497 e. The second-order valence-electron chi connectivity index (χ2n) is 7.22. The Labute approximate surface area is 202 Å². The van der Waals surface area contributed by atoms with Crippen molar-refractivity contribution in [2.45, 2.75) is 38.0 Å². The SMILES string of the molecule is CCn1c(SCC(=O)Nc2ccccc2Cl)nnc1C(C)NC(=O)Cc1ccc(OC)cc1. The van der Waals surface area contributed by atoms with E-state index < -0.39 is 0 Å². The smallest absolute Gasteiger partial charge is 0.234 e. The molecule has 1 unspecified atom stereocenters. The van der Waals surface area contributed by atoms with Crippen molar-refractivity contribution in [3.05, 3.63) is 64.9 Å². The number of rotatable bonds is 10. The van der Waals surface area contributed by atoms with Crippen LogP contribution in [0.15, 0.2) is 53.7 Å². The zero-order chi connectivity index (χ0) is 23.8. The second-order valence-corrected chi connectivity index (χ2v) is 8.57. The molecule has 2 aromatic carbocycles. The maximum Gasteiger partial charge on any atom is 0.234 e. The van der Waals surface area contributed by atoms with Crippen molar-refractivity contribution in [2.75, 3.05) is 18.2 Å². The van der Waals surface area contributed by atoms with Crippen molar-refractivity contribution in [2.24, 2.45) is 0 Å². The van der Waals surface area contributed by atoms with Crippen molar-refractivity contribution in [3.63, 3.8) is 0 Å². The first-order valence-corrected chi connectivity index (χ1v) is 11.8. The van der Waals surface area contributed by atoms with Crippen molar-refractivity contribution < 1.29 is 14.3 Å². The minimum absolute atomic E-state index is 0.119. The molecule has 1 aromatic heterocycles. The van der Waals surface area contributed by atoms with Gasteiger partial charge in [-0.3, -0.25) is 9.59 Å². The topological polar surface area (TPSA) is 98.1 Å². The standard InChI is InChI=1S/C23H26ClN5O3S/c1-4-29-22(15(2)25-20(30)13-16-9-11-17(32-3)12-10-16)27-28-23(29)33-14-21(31)26-19-8-6-5-7-18(19)24/h5-12,15H,4,13-14H2,1-3H3,(H,25,30)(H,26,31). The quantitative estimate of drug-likeness (QED) is 0.417. The first-order valence-electron chi connectivity index (χ1n) is 10.4. The van der Waals surface area contributed by atoms with Gasteiger partial charge in [0, 0.05) is 6.54 Å². The summed E-state index contributed by atoms with van der Waals surface area (Å²) in [5, 5.41) is 15.3. The fraction of sp³-hybridized carbons (Fsp3) is 0.304. The Morgan fingerprint density at radius 1 is 1.12 bits per heavy atom. The minimum atomic E-state index is -0.338. The number of methoxy groups -OCH3 is 1. The lowest BCUT2D eigenvalue weighted by atomic mass is 10.1. The maximum absolute atomic E-state index is 12.5. The van der Waals surface area contributed by atoms with Crippen LogP contribution in [0.1, 0.15) is 31.3 Å². The number of amides is 2. The van der Waals surface area contributed by atoms with Gasteiger partial charge in [0.2, 0.25) is 11.8 Å². The molecule has 0 spiro atoms. The fourth-order valence-corrected chi connectivity index (χ4v) is 4.18.